The topological polar surface area (TPSA) is 12.0 Å². The number of halogens is 2. The largest absolute Gasteiger partial charge is 0.309 e. The third kappa shape index (κ3) is 2.65. The number of piperidine rings is 1. The zero-order valence-corrected chi connectivity index (χ0v) is 10.4. The quantitative estimate of drug-likeness (QED) is 0.734. The monoisotopic (exact) mass is 235 g/mol. The molecule has 1 aliphatic carbocycles. The van der Waals surface area contributed by atoms with Crippen LogP contribution in [0, 0.1) is 5.92 Å². The van der Waals surface area contributed by atoms with E-state index in [1.54, 1.807) is 0 Å². The summed E-state index contributed by atoms with van der Waals surface area (Å²) in [5, 5.41) is 3.44. The van der Waals surface area contributed by atoms with E-state index in [9.17, 15) is 4.39 Å². The normalized spacial score (nSPS) is 38.4. The lowest BCUT2D eigenvalue weighted by atomic mass is 9.71. The van der Waals surface area contributed by atoms with Crippen LogP contribution in [0.25, 0.3) is 0 Å². The Balaban J connectivity index is 0.00000112. The first-order valence-electron chi connectivity index (χ1n) is 6.12. The van der Waals surface area contributed by atoms with Crippen molar-refractivity contribution in [2.24, 2.45) is 5.92 Å². The minimum atomic E-state index is -0.626. The van der Waals surface area contributed by atoms with E-state index < -0.39 is 6.17 Å². The molecule has 2 unspecified atom stereocenters. The van der Waals surface area contributed by atoms with Crippen molar-refractivity contribution in [3.05, 3.63) is 0 Å². The molecule has 0 amide bonds. The van der Waals surface area contributed by atoms with Crippen LogP contribution in [0.5, 0.6) is 0 Å². The standard InChI is InChI=1S/C12H22FN.ClH/c1-12(10-6-3-2-4-7-10)11(13)8-5-9-14-12;/h10-11,14H,2-9H2,1H3;1H. The smallest absolute Gasteiger partial charge is 0.118 e. The first kappa shape index (κ1) is 13.2. The zero-order chi connectivity index (χ0) is 10.0. The van der Waals surface area contributed by atoms with Crippen molar-refractivity contribution in [3.63, 3.8) is 0 Å². The molecule has 1 saturated heterocycles. The predicted molar refractivity (Wildman–Crippen MR) is 64.4 cm³/mol. The molecule has 1 saturated carbocycles. The molecule has 15 heavy (non-hydrogen) atoms. The van der Waals surface area contributed by atoms with Gasteiger partial charge >= 0.3 is 0 Å². The van der Waals surface area contributed by atoms with Crippen molar-refractivity contribution < 1.29 is 4.39 Å². The zero-order valence-electron chi connectivity index (χ0n) is 9.60. The fourth-order valence-corrected chi connectivity index (χ4v) is 3.15. The molecule has 1 aliphatic heterocycles. The molecule has 2 rings (SSSR count). The third-order valence-electron chi connectivity index (χ3n) is 4.24. The number of nitrogens with one attached hydrogen (secondary N) is 1. The number of hydrogen-bond donors (Lipinski definition) is 1. The van der Waals surface area contributed by atoms with Crippen LogP contribution >= 0.6 is 12.4 Å². The van der Waals surface area contributed by atoms with Crippen LogP contribution in [-0.2, 0) is 0 Å². The van der Waals surface area contributed by atoms with Gasteiger partial charge in [-0.3, -0.25) is 0 Å². The SMILES string of the molecule is CC1(C2CCCCC2)NCCCC1F.Cl. The van der Waals surface area contributed by atoms with Gasteiger partial charge in [-0.2, -0.15) is 0 Å². The van der Waals surface area contributed by atoms with Crippen LogP contribution in [0.3, 0.4) is 0 Å². The summed E-state index contributed by atoms with van der Waals surface area (Å²) in [5.41, 5.74) is -0.210. The first-order valence-corrected chi connectivity index (χ1v) is 6.12. The van der Waals surface area contributed by atoms with Crippen LogP contribution in [-0.4, -0.2) is 18.3 Å². The molecule has 0 bridgehead atoms. The molecule has 2 aliphatic rings. The molecule has 0 aromatic heterocycles. The summed E-state index contributed by atoms with van der Waals surface area (Å²) in [4.78, 5) is 0. The molecular formula is C12H23ClFN. The van der Waals surface area contributed by atoms with E-state index in [2.05, 4.69) is 12.2 Å². The Morgan fingerprint density at radius 2 is 1.73 bits per heavy atom. The average molecular weight is 236 g/mol. The molecule has 3 heteroatoms. The highest BCUT2D eigenvalue weighted by molar-refractivity contribution is 5.85. The summed E-state index contributed by atoms with van der Waals surface area (Å²) in [7, 11) is 0. The minimum Gasteiger partial charge on any atom is -0.309 e. The van der Waals surface area contributed by atoms with Crippen LogP contribution < -0.4 is 5.32 Å². The average Bonchev–Trinajstić information content (AvgIpc) is 2.24. The van der Waals surface area contributed by atoms with E-state index in [-0.39, 0.29) is 17.9 Å². The highest BCUT2D eigenvalue weighted by Crippen LogP contribution is 2.38. The van der Waals surface area contributed by atoms with Gasteiger partial charge in [-0.15, -0.1) is 12.4 Å². The van der Waals surface area contributed by atoms with Gasteiger partial charge in [0, 0.05) is 5.54 Å². The molecular weight excluding hydrogens is 213 g/mol. The second kappa shape index (κ2) is 5.49. The maximum atomic E-state index is 14.0. The summed E-state index contributed by atoms with van der Waals surface area (Å²) in [5.74, 6) is 0.576. The highest BCUT2D eigenvalue weighted by Gasteiger charge is 2.43. The lowest BCUT2D eigenvalue weighted by molar-refractivity contribution is 0.0507. The van der Waals surface area contributed by atoms with Crippen molar-refractivity contribution in [1.82, 2.24) is 5.32 Å². The summed E-state index contributed by atoms with van der Waals surface area (Å²) in [6.45, 7) is 3.11. The molecule has 1 heterocycles. The van der Waals surface area contributed by atoms with Crippen LogP contribution in [0.4, 0.5) is 4.39 Å². The number of alkyl halides is 1. The van der Waals surface area contributed by atoms with Gasteiger partial charge in [-0.05, 0) is 45.1 Å². The maximum absolute atomic E-state index is 14.0. The van der Waals surface area contributed by atoms with Gasteiger partial charge in [0.2, 0.25) is 0 Å². The van der Waals surface area contributed by atoms with Crippen molar-refractivity contribution in [3.8, 4) is 0 Å². The molecule has 1 nitrogen and oxygen atoms in total. The maximum Gasteiger partial charge on any atom is 0.118 e. The Hall–Kier alpha value is 0.180. The third-order valence-corrected chi connectivity index (χ3v) is 4.24. The van der Waals surface area contributed by atoms with Gasteiger partial charge in [-0.1, -0.05) is 19.3 Å². The Morgan fingerprint density at radius 1 is 1.07 bits per heavy atom. The molecule has 0 spiro atoms. The molecule has 2 atom stereocenters. The van der Waals surface area contributed by atoms with E-state index >= 15 is 0 Å². The summed E-state index contributed by atoms with van der Waals surface area (Å²) >= 11 is 0. The minimum absolute atomic E-state index is 0. The van der Waals surface area contributed by atoms with Gasteiger partial charge in [-0.25, -0.2) is 4.39 Å². The Morgan fingerprint density at radius 3 is 2.33 bits per heavy atom. The Labute approximate surface area is 98.6 Å². The first-order chi connectivity index (χ1) is 6.73. The van der Waals surface area contributed by atoms with E-state index in [4.69, 9.17) is 0 Å². The Kier molecular flexibility index (Phi) is 4.85. The van der Waals surface area contributed by atoms with Crippen molar-refractivity contribution >= 4 is 12.4 Å². The van der Waals surface area contributed by atoms with Crippen molar-refractivity contribution in [2.75, 3.05) is 6.54 Å². The Bertz CT molecular complexity index is 194. The van der Waals surface area contributed by atoms with Gasteiger partial charge in [0.1, 0.15) is 6.17 Å². The van der Waals surface area contributed by atoms with Gasteiger partial charge in [0.15, 0.2) is 0 Å². The predicted octanol–water partition coefficient (Wildman–Crippen LogP) is 3.47. The highest BCUT2D eigenvalue weighted by atomic mass is 35.5. The molecule has 2 fully saturated rings. The van der Waals surface area contributed by atoms with E-state index in [1.807, 2.05) is 0 Å². The molecule has 0 radical (unpaired) electrons. The van der Waals surface area contributed by atoms with Crippen LogP contribution in [0.2, 0.25) is 0 Å². The van der Waals surface area contributed by atoms with Gasteiger partial charge < -0.3 is 5.32 Å². The molecule has 0 aromatic rings. The lowest BCUT2D eigenvalue weighted by Crippen LogP contribution is -2.59. The van der Waals surface area contributed by atoms with Gasteiger partial charge in [0.05, 0.1) is 0 Å². The summed E-state index contributed by atoms with van der Waals surface area (Å²) < 4.78 is 14.0. The second-order valence-electron chi connectivity index (χ2n) is 5.15. The lowest BCUT2D eigenvalue weighted by Gasteiger charge is -2.45. The van der Waals surface area contributed by atoms with Gasteiger partial charge in [0.25, 0.3) is 0 Å². The fraction of sp³-hybridized carbons (Fsp3) is 1.00. The molecule has 0 aromatic carbocycles. The summed E-state index contributed by atoms with van der Waals surface area (Å²) in [6, 6.07) is 0. The van der Waals surface area contributed by atoms with E-state index in [0.29, 0.717) is 5.92 Å². The number of rotatable bonds is 1. The van der Waals surface area contributed by atoms with E-state index in [1.165, 1.54) is 32.1 Å². The molecule has 1 N–H and O–H groups in total. The number of hydrogen-bond acceptors (Lipinski definition) is 1. The van der Waals surface area contributed by atoms with Crippen molar-refractivity contribution in [2.45, 2.75) is 63.6 Å². The molecule has 90 valence electrons. The van der Waals surface area contributed by atoms with E-state index in [0.717, 1.165) is 19.4 Å². The summed E-state index contributed by atoms with van der Waals surface area (Å²) in [6.07, 6.45) is 7.55. The van der Waals surface area contributed by atoms with Crippen molar-refractivity contribution in [1.29, 1.82) is 0 Å². The van der Waals surface area contributed by atoms with Crippen LogP contribution in [0.1, 0.15) is 51.9 Å². The fourth-order valence-electron chi connectivity index (χ4n) is 3.15. The van der Waals surface area contributed by atoms with Crippen LogP contribution in [0.15, 0.2) is 0 Å². The second-order valence-corrected chi connectivity index (χ2v) is 5.15.